The number of nitrogens with one attached hydrogen (secondary N) is 1. The summed E-state index contributed by atoms with van der Waals surface area (Å²) in [6.45, 7) is 6.03. The van der Waals surface area contributed by atoms with Crippen LogP contribution in [0.2, 0.25) is 5.02 Å². The molecule has 0 bridgehead atoms. The van der Waals surface area contributed by atoms with Crippen LogP contribution in [0.5, 0.6) is 0 Å². The van der Waals surface area contributed by atoms with Gasteiger partial charge in [-0.25, -0.2) is 4.98 Å². The van der Waals surface area contributed by atoms with E-state index in [1.807, 2.05) is 10.7 Å². The van der Waals surface area contributed by atoms with Gasteiger partial charge in [0.05, 0.1) is 5.02 Å². The van der Waals surface area contributed by atoms with Crippen LogP contribution < -0.4 is 5.32 Å². The fourth-order valence-electron chi connectivity index (χ4n) is 2.25. The average molecular weight is 372 g/mol. The molecule has 1 atom stereocenters. The molecule has 114 valence electrons. The molecule has 4 nitrogen and oxygen atoms in total. The van der Waals surface area contributed by atoms with Crippen LogP contribution in [0.1, 0.15) is 37.7 Å². The molecule has 0 fully saturated rings. The number of hydrogen-bond acceptors (Lipinski definition) is 3. The molecule has 0 saturated carbocycles. The summed E-state index contributed by atoms with van der Waals surface area (Å²) >= 11 is 9.58. The first-order chi connectivity index (χ1) is 10.2. The SMILES string of the molecule is CCCNC(Cc1ncnn1CC)c1ccc(Cl)c(Br)c1. The Morgan fingerprint density at radius 1 is 1.38 bits per heavy atom. The van der Waals surface area contributed by atoms with Crippen molar-refractivity contribution in [2.24, 2.45) is 0 Å². The quantitative estimate of drug-likeness (QED) is 0.800. The molecule has 0 amide bonds. The molecule has 0 spiro atoms. The molecule has 2 rings (SSSR count). The largest absolute Gasteiger partial charge is 0.310 e. The second-order valence-corrected chi connectivity index (χ2v) is 6.14. The van der Waals surface area contributed by atoms with E-state index < -0.39 is 0 Å². The van der Waals surface area contributed by atoms with E-state index in [4.69, 9.17) is 11.6 Å². The fourth-order valence-corrected chi connectivity index (χ4v) is 2.76. The van der Waals surface area contributed by atoms with Crippen LogP contribution in [0.3, 0.4) is 0 Å². The monoisotopic (exact) mass is 370 g/mol. The van der Waals surface area contributed by atoms with Crippen LogP contribution in [0, 0.1) is 0 Å². The van der Waals surface area contributed by atoms with Crippen molar-refractivity contribution in [3.63, 3.8) is 0 Å². The van der Waals surface area contributed by atoms with Gasteiger partial charge in [0.25, 0.3) is 0 Å². The van der Waals surface area contributed by atoms with Crippen LogP contribution in [-0.2, 0) is 13.0 Å². The van der Waals surface area contributed by atoms with Crippen LogP contribution in [0.25, 0.3) is 0 Å². The zero-order valence-electron chi connectivity index (χ0n) is 12.3. The van der Waals surface area contributed by atoms with Crippen LogP contribution in [-0.4, -0.2) is 21.3 Å². The van der Waals surface area contributed by atoms with Crippen molar-refractivity contribution in [1.82, 2.24) is 20.1 Å². The minimum absolute atomic E-state index is 0.202. The third-order valence-corrected chi connectivity index (χ3v) is 4.58. The topological polar surface area (TPSA) is 42.7 Å². The van der Waals surface area contributed by atoms with E-state index in [0.717, 1.165) is 41.3 Å². The number of nitrogens with zero attached hydrogens (tertiary/aromatic N) is 3. The second-order valence-electron chi connectivity index (χ2n) is 4.88. The van der Waals surface area contributed by atoms with E-state index in [0.29, 0.717) is 0 Å². The van der Waals surface area contributed by atoms with Crippen LogP contribution in [0.15, 0.2) is 29.0 Å². The maximum atomic E-state index is 6.09. The van der Waals surface area contributed by atoms with Gasteiger partial charge in [0, 0.05) is 23.5 Å². The molecule has 1 unspecified atom stereocenters. The summed E-state index contributed by atoms with van der Waals surface area (Å²) in [4.78, 5) is 4.37. The summed E-state index contributed by atoms with van der Waals surface area (Å²) in [5.74, 6) is 0.997. The molecule has 0 saturated heterocycles. The molecular weight excluding hydrogens is 352 g/mol. The third-order valence-electron chi connectivity index (χ3n) is 3.37. The highest BCUT2D eigenvalue weighted by molar-refractivity contribution is 9.10. The normalized spacial score (nSPS) is 12.6. The summed E-state index contributed by atoms with van der Waals surface area (Å²) in [5, 5.41) is 8.54. The summed E-state index contributed by atoms with van der Waals surface area (Å²) in [5.41, 5.74) is 1.20. The molecule has 1 heterocycles. The molecule has 0 radical (unpaired) electrons. The van der Waals surface area contributed by atoms with Gasteiger partial charge >= 0.3 is 0 Å². The van der Waals surface area contributed by atoms with Gasteiger partial charge in [-0.3, -0.25) is 4.68 Å². The van der Waals surface area contributed by atoms with Gasteiger partial charge in [-0.1, -0.05) is 24.6 Å². The van der Waals surface area contributed by atoms with Gasteiger partial charge in [-0.2, -0.15) is 5.10 Å². The Morgan fingerprint density at radius 2 is 2.19 bits per heavy atom. The summed E-state index contributed by atoms with van der Waals surface area (Å²) in [6.07, 6.45) is 3.52. The number of rotatable bonds is 7. The Balaban J connectivity index is 2.23. The number of aryl methyl sites for hydroxylation is 1. The molecule has 21 heavy (non-hydrogen) atoms. The Hall–Kier alpha value is -0.910. The Kier molecular flexibility index (Phi) is 6.21. The van der Waals surface area contributed by atoms with Crippen molar-refractivity contribution in [3.05, 3.63) is 45.4 Å². The predicted molar refractivity (Wildman–Crippen MR) is 89.6 cm³/mol. The first kappa shape index (κ1) is 16.5. The summed E-state index contributed by atoms with van der Waals surface area (Å²) in [6, 6.07) is 6.26. The lowest BCUT2D eigenvalue weighted by Crippen LogP contribution is -2.25. The Bertz CT molecular complexity index is 585. The van der Waals surface area contributed by atoms with Crippen LogP contribution >= 0.6 is 27.5 Å². The van der Waals surface area contributed by atoms with Crippen molar-refractivity contribution in [2.45, 2.75) is 39.3 Å². The summed E-state index contributed by atoms with van der Waals surface area (Å²) in [7, 11) is 0. The predicted octanol–water partition coefficient (Wildman–Crippen LogP) is 4.00. The Morgan fingerprint density at radius 3 is 2.86 bits per heavy atom. The molecule has 2 aromatic rings. The first-order valence-electron chi connectivity index (χ1n) is 7.20. The lowest BCUT2D eigenvalue weighted by molar-refractivity contribution is 0.496. The highest BCUT2D eigenvalue weighted by Gasteiger charge is 2.16. The third kappa shape index (κ3) is 4.28. The zero-order chi connectivity index (χ0) is 15.2. The van der Waals surface area contributed by atoms with E-state index in [1.165, 1.54) is 5.56 Å². The van der Waals surface area contributed by atoms with Crippen molar-refractivity contribution in [3.8, 4) is 0 Å². The van der Waals surface area contributed by atoms with Gasteiger partial charge < -0.3 is 5.32 Å². The van der Waals surface area contributed by atoms with E-state index in [2.05, 4.69) is 57.3 Å². The highest BCUT2D eigenvalue weighted by atomic mass is 79.9. The van der Waals surface area contributed by atoms with Gasteiger partial charge in [0.1, 0.15) is 12.2 Å². The molecule has 0 aliphatic rings. The van der Waals surface area contributed by atoms with Gasteiger partial charge in [-0.05, 0) is 53.5 Å². The van der Waals surface area contributed by atoms with E-state index in [1.54, 1.807) is 6.33 Å². The fraction of sp³-hybridized carbons (Fsp3) is 0.467. The molecule has 1 aromatic carbocycles. The number of aromatic nitrogens is 3. The first-order valence-corrected chi connectivity index (χ1v) is 8.37. The van der Waals surface area contributed by atoms with E-state index >= 15 is 0 Å². The maximum absolute atomic E-state index is 6.09. The number of hydrogen-bond donors (Lipinski definition) is 1. The lowest BCUT2D eigenvalue weighted by atomic mass is 10.0. The van der Waals surface area contributed by atoms with Crippen molar-refractivity contribution < 1.29 is 0 Å². The lowest BCUT2D eigenvalue weighted by Gasteiger charge is -2.19. The standard InChI is InChI=1S/C15H20BrClN4/c1-3-7-18-14(9-15-19-10-20-21(15)4-2)11-5-6-13(17)12(16)8-11/h5-6,8,10,14,18H,3-4,7,9H2,1-2H3. The van der Waals surface area contributed by atoms with Gasteiger partial charge in [0.15, 0.2) is 0 Å². The molecular formula is C15H20BrClN4. The van der Waals surface area contributed by atoms with E-state index in [-0.39, 0.29) is 6.04 Å². The van der Waals surface area contributed by atoms with E-state index in [9.17, 15) is 0 Å². The molecule has 0 aliphatic carbocycles. The minimum Gasteiger partial charge on any atom is -0.310 e. The van der Waals surface area contributed by atoms with Crippen molar-refractivity contribution in [2.75, 3.05) is 6.54 Å². The summed E-state index contributed by atoms with van der Waals surface area (Å²) < 4.78 is 2.85. The average Bonchev–Trinajstić information content (AvgIpc) is 2.93. The minimum atomic E-state index is 0.202. The zero-order valence-corrected chi connectivity index (χ0v) is 14.7. The molecule has 6 heteroatoms. The van der Waals surface area contributed by atoms with Crippen LogP contribution in [0.4, 0.5) is 0 Å². The van der Waals surface area contributed by atoms with Gasteiger partial charge in [-0.15, -0.1) is 0 Å². The van der Waals surface area contributed by atoms with Crippen molar-refractivity contribution >= 4 is 27.5 Å². The maximum Gasteiger partial charge on any atom is 0.138 e. The smallest absolute Gasteiger partial charge is 0.138 e. The molecule has 0 aliphatic heterocycles. The van der Waals surface area contributed by atoms with Gasteiger partial charge in [0.2, 0.25) is 0 Å². The van der Waals surface area contributed by atoms with Crippen molar-refractivity contribution in [1.29, 1.82) is 0 Å². The number of benzene rings is 1. The Labute approximate surface area is 139 Å². The number of halogens is 2. The highest BCUT2D eigenvalue weighted by Crippen LogP contribution is 2.27. The molecule has 1 aromatic heterocycles. The molecule has 1 N–H and O–H groups in total. The second kappa shape index (κ2) is 7.92.